The van der Waals surface area contributed by atoms with Gasteiger partial charge in [0.25, 0.3) is 0 Å². The maximum absolute atomic E-state index is 12.6. The van der Waals surface area contributed by atoms with Crippen LogP contribution in [0.15, 0.2) is 42.5 Å². The molecule has 0 bridgehead atoms. The fourth-order valence-corrected chi connectivity index (χ4v) is 3.20. The van der Waals surface area contributed by atoms with Crippen LogP contribution in [-0.2, 0) is 9.59 Å². The number of rotatable bonds is 4. The first-order valence-electron chi connectivity index (χ1n) is 8.65. The molecule has 0 aliphatic carbocycles. The lowest BCUT2D eigenvalue weighted by atomic mass is 10.1. The second kappa shape index (κ2) is 7.12. The number of carbonyl (C=O) groups is 3. The molecule has 2 aromatic carbocycles. The first-order valence-corrected chi connectivity index (χ1v) is 8.65. The smallest absolute Gasteiger partial charge is 0.229 e. The number of hydrogen-bond donors (Lipinski definition) is 1. The highest BCUT2D eigenvalue weighted by atomic mass is 16.2. The molecule has 1 atom stereocenters. The lowest BCUT2D eigenvalue weighted by Gasteiger charge is -2.20. The predicted molar refractivity (Wildman–Crippen MR) is 101 cm³/mol. The van der Waals surface area contributed by atoms with E-state index in [1.807, 2.05) is 32.0 Å². The Labute approximate surface area is 153 Å². The lowest BCUT2D eigenvalue weighted by Crippen LogP contribution is -2.28. The number of Topliss-reactive ketones (excluding diaryl/α,β-unsaturated/α-hetero) is 1. The van der Waals surface area contributed by atoms with E-state index in [0.29, 0.717) is 17.8 Å². The maximum atomic E-state index is 12.6. The molecule has 1 heterocycles. The number of hydrogen-bond acceptors (Lipinski definition) is 3. The molecule has 26 heavy (non-hydrogen) atoms. The van der Waals surface area contributed by atoms with Crippen LogP contribution in [0.1, 0.15) is 34.8 Å². The number of aryl methyl sites for hydroxylation is 1. The SMILES string of the molecule is CC(=O)c1cccc(NC(=O)[C@@H]2CC(=O)N(c3cccc(C)c3C)C2)c1. The van der Waals surface area contributed by atoms with Crippen LogP contribution < -0.4 is 10.2 Å². The van der Waals surface area contributed by atoms with Crippen LogP contribution in [0.2, 0.25) is 0 Å². The molecule has 0 unspecified atom stereocenters. The Balaban J connectivity index is 1.74. The topological polar surface area (TPSA) is 66.5 Å². The van der Waals surface area contributed by atoms with E-state index in [0.717, 1.165) is 16.8 Å². The van der Waals surface area contributed by atoms with Gasteiger partial charge in [-0.1, -0.05) is 24.3 Å². The minimum absolute atomic E-state index is 0.0451. The Hall–Kier alpha value is -2.95. The molecule has 1 saturated heterocycles. The van der Waals surface area contributed by atoms with Gasteiger partial charge in [0.15, 0.2) is 5.78 Å². The Kier molecular flexibility index (Phi) is 4.89. The number of nitrogens with zero attached hydrogens (tertiary/aromatic N) is 1. The predicted octanol–water partition coefficient (Wildman–Crippen LogP) is 3.50. The number of amides is 2. The van der Waals surface area contributed by atoms with Crippen LogP contribution in [0, 0.1) is 19.8 Å². The van der Waals surface area contributed by atoms with E-state index in [9.17, 15) is 14.4 Å². The molecule has 1 aliphatic rings. The number of anilines is 2. The highest BCUT2D eigenvalue weighted by Crippen LogP contribution is 2.30. The average molecular weight is 350 g/mol. The van der Waals surface area contributed by atoms with E-state index in [2.05, 4.69) is 5.32 Å². The largest absolute Gasteiger partial charge is 0.326 e. The van der Waals surface area contributed by atoms with Gasteiger partial charge in [0, 0.05) is 29.9 Å². The van der Waals surface area contributed by atoms with Gasteiger partial charge in [-0.05, 0) is 50.1 Å². The molecule has 0 spiro atoms. The standard InChI is InChI=1S/C21H22N2O3/c1-13-6-4-9-19(14(13)2)23-12-17(11-20(23)25)21(26)22-18-8-5-7-16(10-18)15(3)24/h4-10,17H,11-12H2,1-3H3,(H,22,26)/t17-/m1/s1. The Morgan fingerprint density at radius 3 is 2.58 bits per heavy atom. The van der Waals surface area contributed by atoms with Gasteiger partial charge >= 0.3 is 0 Å². The summed E-state index contributed by atoms with van der Waals surface area (Å²) in [5.74, 6) is -0.718. The normalized spacial score (nSPS) is 16.7. The second-order valence-electron chi connectivity index (χ2n) is 6.75. The van der Waals surface area contributed by atoms with Crippen LogP contribution in [0.5, 0.6) is 0 Å². The summed E-state index contributed by atoms with van der Waals surface area (Å²) in [6.07, 6.45) is 0.186. The number of benzene rings is 2. The quantitative estimate of drug-likeness (QED) is 0.858. The van der Waals surface area contributed by atoms with E-state index in [-0.39, 0.29) is 24.0 Å². The van der Waals surface area contributed by atoms with Gasteiger partial charge in [-0.25, -0.2) is 0 Å². The van der Waals surface area contributed by atoms with E-state index in [1.54, 1.807) is 29.2 Å². The average Bonchev–Trinajstić information content (AvgIpc) is 2.99. The van der Waals surface area contributed by atoms with Crippen molar-refractivity contribution < 1.29 is 14.4 Å². The van der Waals surface area contributed by atoms with Gasteiger partial charge < -0.3 is 10.2 Å². The third-order valence-electron chi connectivity index (χ3n) is 4.90. The molecule has 1 fully saturated rings. The summed E-state index contributed by atoms with van der Waals surface area (Å²) in [6, 6.07) is 12.7. The van der Waals surface area contributed by atoms with Gasteiger partial charge in [0.05, 0.1) is 5.92 Å². The van der Waals surface area contributed by atoms with Gasteiger partial charge in [0.1, 0.15) is 0 Å². The summed E-state index contributed by atoms with van der Waals surface area (Å²) in [6.45, 7) is 5.84. The van der Waals surface area contributed by atoms with Crippen molar-refractivity contribution in [3.63, 3.8) is 0 Å². The number of ketones is 1. The molecule has 2 amide bonds. The van der Waals surface area contributed by atoms with Crippen molar-refractivity contribution in [1.82, 2.24) is 0 Å². The van der Waals surface area contributed by atoms with Crippen LogP contribution in [0.4, 0.5) is 11.4 Å². The van der Waals surface area contributed by atoms with Crippen molar-refractivity contribution in [2.75, 3.05) is 16.8 Å². The van der Waals surface area contributed by atoms with E-state index >= 15 is 0 Å². The van der Waals surface area contributed by atoms with Crippen LogP contribution in [-0.4, -0.2) is 24.1 Å². The molecule has 5 nitrogen and oxygen atoms in total. The van der Waals surface area contributed by atoms with Crippen molar-refractivity contribution in [2.45, 2.75) is 27.2 Å². The van der Waals surface area contributed by atoms with Gasteiger partial charge in [-0.3, -0.25) is 14.4 Å². The van der Waals surface area contributed by atoms with Crippen molar-refractivity contribution in [1.29, 1.82) is 0 Å². The zero-order valence-electron chi connectivity index (χ0n) is 15.2. The Morgan fingerprint density at radius 1 is 1.12 bits per heavy atom. The molecular formula is C21H22N2O3. The second-order valence-corrected chi connectivity index (χ2v) is 6.75. The van der Waals surface area contributed by atoms with Crippen molar-refractivity contribution in [2.24, 2.45) is 5.92 Å². The molecule has 0 radical (unpaired) electrons. The zero-order valence-corrected chi connectivity index (χ0v) is 15.2. The van der Waals surface area contributed by atoms with E-state index in [4.69, 9.17) is 0 Å². The molecular weight excluding hydrogens is 328 g/mol. The monoisotopic (exact) mass is 350 g/mol. The summed E-state index contributed by atoms with van der Waals surface area (Å²) in [5.41, 5.74) is 4.15. The fraction of sp³-hybridized carbons (Fsp3) is 0.286. The third kappa shape index (κ3) is 3.52. The summed E-state index contributed by atoms with van der Waals surface area (Å²) < 4.78 is 0. The van der Waals surface area contributed by atoms with Gasteiger partial charge in [-0.15, -0.1) is 0 Å². The lowest BCUT2D eigenvalue weighted by molar-refractivity contribution is -0.122. The van der Waals surface area contributed by atoms with E-state index in [1.165, 1.54) is 6.92 Å². The van der Waals surface area contributed by atoms with Crippen molar-refractivity contribution in [3.05, 3.63) is 59.2 Å². The highest BCUT2D eigenvalue weighted by Gasteiger charge is 2.35. The van der Waals surface area contributed by atoms with Crippen LogP contribution in [0.3, 0.4) is 0 Å². The molecule has 5 heteroatoms. The molecule has 2 aromatic rings. The molecule has 0 aromatic heterocycles. The van der Waals surface area contributed by atoms with Gasteiger partial charge in [0.2, 0.25) is 11.8 Å². The fourth-order valence-electron chi connectivity index (χ4n) is 3.20. The number of nitrogens with one attached hydrogen (secondary N) is 1. The summed E-state index contributed by atoms with van der Waals surface area (Å²) >= 11 is 0. The third-order valence-corrected chi connectivity index (χ3v) is 4.90. The molecule has 0 saturated carbocycles. The highest BCUT2D eigenvalue weighted by molar-refractivity contribution is 6.04. The van der Waals surface area contributed by atoms with Crippen molar-refractivity contribution >= 4 is 29.0 Å². The molecule has 3 rings (SSSR count). The zero-order chi connectivity index (χ0) is 18.8. The van der Waals surface area contributed by atoms with Gasteiger partial charge in [-0.2, -0.15) is 0 Å². The summed E-state index contributed by atoms with van der Waals surface area (Å²) in [7, 11) is 0. The number of carbonyl (C=O) groups excluding carboxylic acids is 3. The Morgan fingerprint density at radius 2 is 1.85 bits per heavy atom. The molecule has 1 N–H and O–H groups in total. The maximum Gasteiger partial charge on any atom is 0.229 e. The Bertz CT molecular complexity index is 889. The summed E-state index contributed by atoms with van der Waals surface area (Å²) in [4.78, 5) is 38.2. The minimum Gasteiger partial charge on any atom is -0.326 e. The van der Waals surface area contributed by atoms with Crippen LogP contribution in [0.25, 0.3) is 0 Å². The minimum atomic E-state index is -0.414. The van der Waals surface area contributed by atoms with Crippen molar-refractivity contribution in [3.8, 4) is 0 Å². The van der Waals surface area contributed by atoms with E-state index < -0.39 is 5.92 Å². The first-order chi connectivity index (χ1) is 12.4. The van der Waals surface area contributed by atoms with Crippen LogP contribution >= 0.6 is 0 Å². The molecule has 1 aliphatic heterocycles. The first kappa shape index (κ1) is 17.9. The summed E-state index contributed by atoms with van der Waals surface area (Å²) in [5, 5.41) is 2.83. The molecule has 134 valence electrons.